The second kappa shape index (κ2) is 12.8. The summed E-state index contributed by atoms with van der Waals surface area (Å²) in [5, 5.41) is 0.940. The second-order valence-electron chi connectivity index (χ2n) is 12.4. The summed E-state index contributed by atoms with van der Waals surface area (Å²) in [7, 11) is 0. The third-order valence-electron chi connectivity index (χ3n) is 9.04. The summed E-state index contributed by atoms with van der Waals surface area (Å²) in [6, 6.07) is 23.6. The van der Waals surface area contributed by atoms with Crippen molar-refractivity contribution < 1.29 is 19.0 Å². The topological polar surface area (TPSA) is 57.7 Å². The van der Waals surface area contributed by atoms with Crippen LogP contribution in [0.2, 0.25) is 0 Å². The van der Waals surface area contributed by atoms with Crippen LogP contribution in [0, 0.1) is 13.8 Å². The van der Waals surface area contributed by atoms with Gasteiger partial charge in [0.25, 0.3) is 0 Å². The van der Waals surface area contributed by atoms with Crippen molar-refractivity contribution in [3.63, 3.8) is 0 Å². The van der Waals surface area contributed by atoms with E-state index in [2.05, 4.69) is 99.7 Å². The smallest absolute Gasteiger partial charge is 0.310 e. The number of aromatic nitrogens is 1. The summed E-state index contributed by atoms with van der Waals surface area (Å²) in [5.74, 6) is 1.95. The zero-order chi connectivity index (χ0) is 31.8. The van der Waals surface area contributed by atoms with Crippen molar-refractivity contribution in [2.45, 2.75) is 65.4 Å². The second-order valence-corrected chi connectivity index (χ2v) is 13.4. The van der Waals surface area contributed by atoms with E-state index in [0.29, 0.717) is 19.1 Å². The monoisotopic (exact) mass is 629 g/mol. The number of rotatable bonds is 3. The Morgan fingerprint density at radius 1 is 0.957 bits per heavy atom. The molecule has 3 heterocycles. The van der Waals surface area contributed by atoms with Crippen LogP contribution in [-0.4, -0.2) is 30.3 Å². The van der Waals surface area contributed by atoms with Crippen LogP contribution in [-0.2, 0) is 16.0 Å². The van der Waals surface area contributed by atoms with Gasteiger partial charge in [0.05, 0.1) is 36.0 Å². The van der Waals surface area contributed by atoms with Crippen LogP contribution in [0.3, 0.4) is 0 Å². The van der Waals surface area contributed by atoms with E-state index in [-0.39, 0.29) is 18.5 Å². The zero-order valence-corrected chi connectivity index (χ0v) is 27.7. The Morgan fingerprint density at radius 3 is 2.65 bits per heavy atom. The van der Waals surface area contributed by atoms with E-state index in [4.69, 9.17) is 19.2 Å². The van der Waals surface area contributed by atoms with E-state index in [1.54, 1.807) is 11.3 Å². The zero-order valence-electron chi connectivity index (χ0n) is 26.9. The number of fused-ring (bicyclic) bond motifs is 8. The molecule has 0 aliphatic carbocycles. The summed E-state index contributed by atoms with van der Waals surface area (Å²) in [6.45, 7) is 9.24. The van der Waals surface area contributed by atoms with Crippen molar-refractivity contribution in [1.82, 2.24) is 4.98 Å². The summed E-state index contributed by atoms with van der Waals surface area (Å²) in [5.41, 5.74) is 10.7. The first kappa shape index (κ1) is 30.2. The number of aryl methyl sites for hydroxylation is 2. The van der Waals surface area contributed by atoms with E-state index >= 15 is 0 Å². The van der Waals surface area contributed by atoms with Crippen molar-refractivity contribution >= 4 is 27.5 Å². The van der Waals surface area contributed by atoms with Crippen molar-refractivity contribution in [3.05, 3.63) is 101 Å². The highest BCUT2D eigenvalue weighted by Crippen LogP contribution is 2.45. The molecule has 0 radical (unpaired) electrons. The first-order valence-electron chi connectivity index (χ1n) is 16.3. The third kappa shape index (κ3) is 5.94. The molecule has 46 heavy (non-hydrogen) atoms. The minimum absolute atomic E-state index is 0.0269. The molecule has 2 aliphatic heterocycles. The van der Waals surface area contributed by atoms with E-state index in [9.17, 15) is 4.79 Å². The lowest BCUT2D eigenvalue weighted by molar-refractivity contribution is -0.142. The van der Waals surface area contributed by atoms with Crippen LogP contribution in [0.15, 0.2) is 78.9 Å². The van der Waals surface area contributed by atoms with Crippen LogP contribution < -0.4 is 9.47 Å². The number of thiazole rings is 1. The van der Waals surface area contributed by atoms with Gasteiger partial charge in [0.15, 0.2) is 0 Å². The number of ether oxygens (including phenoxy) is 3. The molecule has 2 atom stereocenters. The van der Waals surface area contributed by atoms with Gasteiger partial charge in [-0.15, -0.1) is 11.3 Å². The maximum absolute atomic E-state index is 12.9. The fraction of sp³-hybridized carbons (Fsp3) is 0.300. The van der Waals surface area contributed by atoms with Crippen molar-refractivity contribution in [2.75, 3.05) is 13.2 Å². The van der Waals surface area contributed by atoms with Gasteiger partial charge in [-0.3, -0.25) is 4.79 Å². The van der Waals surface area contributed by atoms with Gasteiger partial charge in [0.2, 0.25) is 0 Å². The van der Waals surface area contributed by atoms with Crippen molar-refractivity contribution in [2.24, 2.45) is 0 Å². The molecule has 0 saturated heterocycles. The molecule has 0 spiro atoms. The molecule has 0 saturated carbocycles. The van der Waals surface area contributed by atoms with Gasteiger partial charge >= 0.3 is 5.97 Å². The molecule has 0 N–H and O–H groups in total. The molecular weight excluding hydrogens is 591 g/mol. The Hall–Kier alpha value is -4.42. The van der Waals surface area contributed by atoms with Gasteiger partial charge in [0.1, 0.15) is 16.5 Å². The number of hydrogen-bond acceptors (Lipinski definition) is 6. The average Bonchev–Trinajstić information content (AvgIpc) is 3.47. The molecule has 2 unspecified atom stereocenters. The molecule has 5 nitrogen and oxygen atoms in total. The highest BCUT2D eigenvalue weighted by molar-refractivity contribution is 7.22. The van der Waals surface area contributed by atoms with Crippen LogP contribution in [0.4, 0.5) is 0 Å². The van der Waals surface area contributed by atoms with Gasteiger partial charge in [-0.2, -0.15) is 0 Å². The maximum atomic E-state index is 12.9. The predicted molar refractivity (Wildman–Crippen MR) is 187 cm³/mol. The Balaban J connectivity index is 1.46. The first-order chi connectivity index (χ1) is 22.4. The highest BCUT2D eigenvalue weighted by atomic mass is 32.1. The number of nitrogens with zero attached hydrogens (tertiary/aromatic N) is 1. The normalized spacial score (nSPS) is 18.0. The Morgan fingerprint density at radius 2 is 1.78 bits per heavy atom. The summed E-state index contributed by atoms with van der Waals surface area (Å²) < 4.78 is 19.2. The van der Waals surface area contributed by atoms with Crippen molar-refractivity contribution in [3.8, 4) is 44.3 Å². The Bertz CT molecular complexity index is 1970. The largest absolute Gasteiger partial charge is 0.493 e. The lowest BCUT2D eigenvalue weighted by Gasteiger charge is -2.26. The third-order valence-corrected chi connectivity index (χ3v) is 10.2. The Labute approximate surface area is 274 Å². The fourth-order valence-electron chi connectivity index (χ4n) is 6.72. The lowest BCUT2D eigenvalue weighted by Crippen LogP contribution is -2.14. The van der Waals surface area contributed by atoms with Gasteiger partial charge in [0, 0.05) is 23.1 Å². The first-order valence-corrected chi connectivity index (χ1v) is 17.1. The summed E-state index contributed by atoms with van der Waals surface area (Å²) >= 11 is 1.68. The molecule has 6 bridgehead atoms. The van der Waals surface area contributed by atoms with Gasteiger partial charge in [-0.25, -0.2) is 4.98 Å². The van der Waals surface area contributed by atoms with E-state index in [0.717, 1.165) is 84.9 Å². The SMILES string of the molecule is CCOC(=O)Cc1c(C)cc2nc3sc2c1-c1ccc2c(c1)C(C/C=C\CC(C)Oc1ccc(C)cc1-c1cccc-3c1)CCO2. The molecular formula is C40H39NO4S. The number of carbonyl (C=O) groups is 1. The standard InChI is InChI=1S/C40H39NO4S/c1-5-43-37(42)23-31-25(3)20-34-39-38(31)29-14-16-35-33(22-29)27(17-18-44-35)10-7-6-9-26(4)45-36-15-13-24(2)19-32(36)28-11-8-12-30(21-28)40(41-34)46-39/h6-8,11-16,19-22,26-27H,5,9-10,17-18,23H2,1-4H3/b7-6-. The Kier molecular flexibility index (Phi) is 8.39. The number of carbonyl (C=O) groups excluding carboxylic acids is 1. The van der Waals surface area contributed by atoms with Crippen LogP contribution in [0.5, 0.6) is 11.5 Å². The number of benzene rings is 4. The molecule has 1 aromatic heterocycles. The number of hydrogen-bond donors (Lipinski definition) is 0. The molecule has 0 amide bonds. The lowest BCUT2D eigenvalue weighted by atomic mass is 9.86. The minimum atomic E-state index is -0.219. The van der Waals surface area contributed by atoms with E-state index in [1.807, 2.05) is 6.92 Å². The number of esters is 1. The molecule has 2 aliphatic rings. The molecule has 7 rings (SSSR count). The summed E-state index contributed by atoms with van der Waals surface area (Å²) in [4.78, 5) is 18.1. The van der Waals surface area contributed by atoms with Gasteiger partial charge in [-0.1, -0.05) is 48.0 Å². The van der Waals surface area contributed by atoms with Crippen LogP contribution >= 0.6 is 11.3 Å². The number of allylic oxidation sites excluding steroid dienone is 1. The highest BCUT2D eigenvalue weighted by Gasteiger charge is 2.25. The molecule has 5 aromatic rings. The maximum Gasteiger partial charge on any atom is 0.310 e. The van der Waals surface area contributed by atoms with E-state index in [1.165, 1.54) is 11.1 Å². The van der Waals surface area contributed by atoms with E-state index < -0.39 is 0 Å². The van der Waals surface area contributed by atoms with Crippen molar-refractivity contribution in [1.29, 1.82) is 0 Å². The quantitative estimate of drug-likeness (QED) is 0.147. The van der Waals surface area contributed by atoms with Gasteiger partial charge < -0.3 is 14.2 Å². The minimum Gasteiger partial charge on any atom is -0.493 e. The molecule has 6 heteroatoms. The molecule has 4 aromatic carbocycles. The van der Waals surface area contributed by atoms with Gasteiger partial charge in [-0.05, 0) is 111 Å². The summed E-state index contributed by atoms with van der Waals surface area (Å²) in [6.07, 6.45) is 7.50. The fourth-order valence-corrected chi connectivity index (χ4v) is 7.85. The average molecular weight is 630 g/mol. The molecule has 0 fully saturated rings. The van der Waals surface area contributed by atoms with Crippen LogP contribution in [0.25, 0.3) is 43.0 Å². The van der Waals surface area contributed by atoms with Crippen LogP contribution in [0.1, 0.15) is 61.3 Å². The predicted octanol–water partition coefficient (Wildman–Crippen LogP) is 10.0. The molecule has 234 valence electrons.